The summed E-state index contributed by atoms with van der Waals surface area (Å²) in [6, 6.07) is 11.3. The van der Waals surface area contributed by atoms with Gasteiger partial charge in [0.05, 0.1) is 11.7 Å². The predicted molar refractivity (Wildman–Crippen MR) is 77.1 cm³/mol. The average Bonchev–Trinajstić information content (AvgIpc) is 3.03. The fraction of sp³-hybridized carbons (Fsp3) is 0.438. The molecule has 0 spiro atoms. The highest BCUT2D eigenvalue weighted by atomic mass is 15.3. The first-order valence-corrected chi connectivity index (χ1v) is 7.10. The van der Waals surface area contributed by atoms with Gasteiger partial charge in [-0.2, -0.15) is 5.10 Å². The van der Waals surface area contributed by atoms with Crippen molar-refractivity contribution in [1.29, 1.82) is 0 Å². The highest BCUT2D eigenvalue weighted by molar-refractivity contribution is 5.37. The van der Waals surface area contributed by atoms with E-state index in [4.69, 9.17) is 0 Å². The summed E-state index contributed by atoms with van der Waals surface area (Å²) in [4.78, 5) is 0. The van der Waals surface area contributed by atoms with Crippen LogP contribution in [0, 0.1) is 0 Å². The van der Waals surface area contributed by atoms with Crippen LogP contribution in [-0.4, -0.2) is 16.3 Å². The molecule has 3 heteroatoms. The molecule has 2 atom stereocenters. The van der Waals surface area contributed by atoms with E-state index >= 15 is 0 Å². The monoisotopic (exact) mass is 255 g/mol. The minimum atomic E-state index is 0.329. The topological polar surface area (TPSA) is 29.9 Å². The Morgan fingerprint density at radius 2 is 2.21 bits per heavy atom. The van der Waals surface area contributed by atoms with Crippen molar-refractivity contribution in [2.75, 3.05) is 6.54 Å². The summed E-state index contributed by atoms with van der Waals surface area (Å²) in [5.41, 5.74) is 4.16. The SMILES string of the molecule is CCNC(c1ccn(C)n1)C1CCc2ccccc21. The van der Waals surface area contributed by atoms with Crippen LogP contribution in [0.25, 0.3) is 0 Å². The molecule has 3 nitrogen and oxygen atoms in total. The van der Waals surface area contributed by atoms with E-state index in [0.717, 1.165) is 12.2 Å². The highest BCUT2D eigenvalue weighted by Crippen LogP contribution is 2.40. The van der Waals surface area contributed by atoms with E-state index in [1.54, 1.807) is 0 Å². The molecule has 0 radical (unpaired) electrons. The summed E-state index contributed by atoms with van der Waals surface area (Å²) in [5.74, 6) is 0.547. The Hall–Kier alpha value is -1.61. The molecule has 2 unspecified atom stereocenters. The van der Waals surface area contributed by atoms with Crippen LogP contribution in [-0.2, 0) is 13.5 Å². The fourth-order valence-electron chi connectivity index (χ4n) is 3.21. The van der Waals surface area contributed by atoms with Gasteiger partial charge in [0.25, 0.3) is 0 Å². The predicted octanol–water partition coefficient (Wildman–Crippen LogP) is 2.80. The second-order valence-corrected chi connectivity index (χ2v) is 5.29. The maximum Gasteiger partial charge on any atom is 0.0800 e. The average molecular weight is 255 g/mol. The van der Waals surface area contributed by atoms with E-state index in [1.165, 1.54) is 24.0 Å². The zero-order valence-electron chi connectivity index (χ0n) is 11.6. The molecule has 1 aliphatic rings. The molecule has 3 rings (SSSR count). The summed E-state index contributed by atoms with van der Waals surface area (Å²) in [5, 5.41) is 8.22. The Bertz CT molecular complexity index is 559. The number of hydrogen-bond acceptors (Lipinski definition) is 2. The quantitative estimate of drug-likeness (QED) is 0.910. The second kappa shape index (κ2) is 5.17. The zero-order valence-corrected chi connectivity index (χ0v) is 11.6. The Morgan fingerprint density at radius 1 is 1.37 bits per heavy atom. The summed E-state index contributed by atoms with van der Waals surface area (Å²) in [6.07, 6.45) is 4.43. The molecule has 0 aliphatic heterocycles. The molecule has 100 valence electrons. The molecule has 1 aromatic carbocycles. The molecule has 0 fully saturated rings. The van der Waals surface area contributed by atoms with Crippen molar-refractivity contribution in [2.24, 2.45) is 7.05 Å². The van der Waals surface area contributed by atoms with E-state index in [0.29, 0.717) is 12.0 Å². The van der Waals surface area contributed by atoms with Gasteiger partial charge in [-0.15, -0.1) is 0 Å². The maximum atomic E-state index is 4.60. The standard InChI is InChI=1S/C16H21N3/c1-3-17-16(15-10-11-19(2)18-15)14-9-8-12-6-4-5-7-13(12)14/h4-7,10-11,14,16-17H,3,8-9H2,1-2H3. The number of nitrogens with one attached hydrogen (secondary N) is 1. The van der Waals surface area contributed by atoms with Gasteiger partial charge in [-0.05, 0) is 36.6 Å². The molecule has 19 heavy (non-hydrogen) atoms. The van der Waals surface area contributed by atoms with Crippen molar-refractivity contribution in [3.63, 3.8) is 0 Å². The lowest BCUT2D eigenvalue weighted by molar-refractivity contribution is 0.440. The van der Waals surface area contributed by atoms with Gasteiger partial charge in [0.1, 0.15) is 0 Å². The van der Waals surface area contributed by atoms with Crippen LogP contribution < -0.4 is 5.32 Å². The van der Waals surface area contributed by atoms with Crippen molar-refractivity contribution < 1.29 is 0 Å². The Morgan fingerprint density at radius 3 is 2.95 bits per heavy atom. The number of fused-ring (bicyclic) bond motifs is 1. The lowest BCUT2D eigenvalue weighted by atomic mass is 9.91. The molecule has 1 heterocycles. The molecule has 0 amide bonds. The van der Waals surface area contributed by atoms with Crippen molar-refractivity contribution in [2.45, 2.75) is 31.7 Å². The normalized spacial score (nSPS) is 19.4. The molecule has 1 aliphatic carbocycles. The summed E-state index contributed by atoms with van der Waals surface area (Å²) in [7, 11) is 1.98. The number of benzene rings is 1. The summed E-state index contributed by atoms with van der Waals surface area (Å²) in [6.45, 7) is 3.14. The van der Waals surface area contributed by atoms with E-state index in [9.17, 15) is 0 Å². The minimum absolute atomic E-state index is 0.329. The Kier molecular flexibility index (Phi) is 3.38. The van der Waals surface area contributed by atoms with Gasteiger partial charge in [0.2, 0.25) is 0 Å². The first-order chi connectivity index (χ1) is 9.29. The van der Waals surface area contributed by atoms with E-state index in [2.05, 4.69) is 47.7 Å². The molecular weight excluding hydrogens is 234 g/mol. The number of rotatable bonds is 4. The lowest BCUT2D eigenvalue weighted by Crippen LogP contribution is -2.26. The summed E-state index contributed by atoms with van der Waals surface area (Å²) >= 11 is 0. The number of aryl methyl sites for hydroxylation is 2. The van der Waals surface area contributed by atoms with Crippen molar-refractivity contribution in [3.05, 3.63) is 53.3 Å². The third kappa shape index (κ3) is 2.30. The molecule has 1 aromatic heterocycles. The van der Waals surface area contributed by atoms with Gasteiger partial charge in [-0.3, -0.25) is 4.68 Å². The second-order valence-electron chi connectivity index (χ2n) is 5.29. The first kappa shape index (κ1) is 12.4. The van der Waals surface area contributed by atoms with Crippen LogP contribution in [0.15, 0.2) is 36.5 Å². The molecule has 0 saturated carbocycles. The van der Waals surface area contributed by atoms with E-state index in [-0.39, 0.29) is 0 Å². The third-order valence-corrected chi connectivity index (χ3v) is 4.06. The first-order valence-electron chi connectivity index (χ1n) is 7.10. The van der Waals surface area contributed by atoms with E-state index in [1.807, 2.05) is 17.9 Å². The van der Waals surface area contributed by atoms with Gasteiger partial charge in [0, 0.05) is 19.2 Å². The van der Waals surface area contributed by atoms with E-state index < -0.39 is 0 Å². The van der Waals surface area contributed by atoms with Gasteiger partial charge >= 0.3 is 0 Å². The van der Waals surface area contributed by atoms with Crippen LogP contribution in [0.4, 0.5) is 0 Å². The third-order valence-electron chi connectivity index (χ3n) is 4.06. The number of aromatic nitrogens is 2. The molecule has 0 saturated heterocycles. The van der Waals surface area contributed by atoms with Crippen LogP contribution in [0.2, 0.25) is 0 Å². The van der Waals surface area contributed by atoms with Crippen LogP contribution >= 0.6 is 0 Å². The number of likely N-dealkylation sites (N-methyl/N-ethyl adjacent to an activating group) is 1. The van der Waals surface area contributed by atoms with Gasteiger partial charge in [-0.25, -0.2) is 0 Å². The van der Waals surface area contributed by atoms with Gasteiger partial charge < -0.3 is 5.32 Å². The van der Waals surface area contributed by atoms with Crippen LogP contribution in [0.3, 0.4) is 0 Å². The highest BCUT2D eigenvalue weighted by Gasteiger charge is 2.31. The maximum absolute atomic E-state index is 4.60. The summed E-state index contributed by atoms with van der Waals surface area (Å²) < 4.78 is 1.89. The zero-order chi connectivity index (χ0) is 13.2. The van der Waals surface area contributed by atoms with Crippen LogP contribution in [0.5, 0.6) is 0 Å². The van der Waals surface area contributed by atoms with Gasteiger partial charge in [-0.1, -0.05) is 31.2 Å². The molecular formula is C16H21N3. The van der Waals surface area contributed by atoms with Crippen molar-refractivity contribution in [3.8, 4) is 0 Å². The largest absolute Gasteiger partial charge is 0.308 e. The van der Waals surface area contributed by atoms with Crippen molar-refractivity contribution in [1.82, 2.24) is 15.1 Å². The molecule has 0 bridgehead atoms. The smallest absolute Gasteiger partial charge is 0.0800 e. The van der Waals surface area contributed by atoms with Crippen LogP contribution in [0.1, 0.15) is 42.1 Å². The number of nitrogens with zero attached hydrogens (tertiary/aromatic N) is 2. The molecule has 1 N–H and O–H groups in total. The Balaban J connectivity index is 1.94. The lowest BCUT2D eigenvalue weighted by Gasteiger charge is -2.23. The van der Waals surface area contributed by atoms with Gasteiger partial charge in [0.15, 0.2) is 0 Å². The van der Waals surface area contributed by atoms with Crippen molar-refractivity contribution >= 4 is 0 Å². The fourth-order valence-corrected chi connectivity index (χ4v) is 3.21. The number of hydrogen-bond donors (Lipinski definition) is 1. The minimum Gasteiger partial charge on any atom is -0.308 e. The Labute approximate surface area is 114 Å². The molecule has 2 aromatic rings.